The zero-order valence-electron chi connectivity index (χ0n) is 10.6. The van der Waals surface area contributed by atoms with Gasteiger partial charge in [0, 0.05) is 25.9 Å². The highest BCUT2D eigenvalue weighted by Gasteiger charge is 2.56. The average Bonchev–Trinajstić information content (AvgIpc) is 2.73. The summed E-state index contributed by atoms with van der Waals surface area (Å²) in [5.74, 6) is 2.08. The van der Waals surface area contributed by atoms with Crippen molar-refractivity contribution in [3.8, 4) is 0 Å². The van der Waals surface area contributed by atoms with Crippen LogP contribution in [0.15, 0.2) is 30.3 Å². The first-order chi connectivity index (χ1) is 8.53. The molecule has 0 bridgehead atoms. The first-order valence-electron chi connectivity index (χ1n) is 6.47. The summed E-state index contributed by atoms with van der Waals surface area (Å²) in [5.41, 5.74) is 1.35. The van der Waals surface area contributed by atoms with Gasteiger partial charge in [-0.3, -0.25) is 4.90 Å². The Hall–Kier alpha value is -0.870. The molecule has 18 heavy (non-hydrogen) atoms. The number of hydrogen-bond donors (Lipinski definition) is 0. The third-order valence-electron chi connectivity index (χ3n) is 4.19. The lowest BCUT2D eigenvalue weighted by atomic mass is 10.2. The lowest BCUT2D eigenvalue weighted by Crippen LogP contribution is -2.25. The number of nitrogens with zero attached hydrogens (tertiary/aromatic N) is 1. The highest BCUT2D eigenvalue weighted by Crippen LogP contribution is 2.52. The van der Waals surface area contributed by atoms with E-state index in [2.05, 4.69) is 29.2 Å². The van der Waals surface area contributed by atoms with E-state index in [-0.39, 0.29) is 0 Å². The molecule has 3 rings (SSSR count). The summed E-state index contributed by atoms with van der Waals surface area (Å²) in [6, 6.07) is 10.5. The van der Waals surface area contributed by atoms with Crippen LogP contribution in [0.5, 0.6) is 0 Å². The van der Waals surface area contributed by atoms with Crippen LogP contribution < -0.4 is 0 Å². The Morgan fingerprint density at radius 2 is 1.78 bits per heavy atom. The van der Waals surface area contributed by atoms with Gasteiger partial charge in [-0.25, -0.2) is 8.42 Å². The second kappa shape index (κ2) is 4.35. The van der Waals surface area contributed by atoms with E-state index in [1.54, 1.807) is 0 Å². The van der Waals surface area contributed by atoms with Crippen LogP contribution in [-0.2, 0) is 16.4 Å². The Balaban J connectivity index is 1.52. The molecule has 0 N–H and O–H groups in total. The van der Waals surface area contributed by atoms with Crippen molar-refractivity contribution < 1.29 is 8.42 Å². The molecule has 1 heterocycles. The van der Waals surface area contributed by atoms with E-state index in [0.29, 0.717) is 23.5 Å². The van der Waals surface area contributed by atoms with Crippen molar-refractivity contribution in [1.29, 1.82) is 0 Å². The summed E-state index contributed by atoms with van der Waals surface area (Å²) >= 11 is 0. The SMILES string of the molecule is CS(=O)(=O)C[C@H]1[C@@H]2CN(Cc3ccccc3)C[C@@H]21. The monoisotopic (exact) mass is 265 g/mol. The maximum absolute atomic E-state index is 11.3. The summed E-state index contributed by atoms with van der Waals surface area (Å²) in [6.07, 6.45) is 1.35. The van der Waals surface area contributed by atoms with Crippen molar-refractivity contribution in [3.05, 3.63) is 35.9 Å². The standard InChI is InChI=1S/C14H19NO2S/c1-18(16,17)10-14-12-8-15(9-13(12)14)7-11-5-3-2-4-6-11/h2-6,12-14H,7-10H2,1H3/t12-,13+,14+. The van der Waals surface area contributed by atoms with Crippen LogP contribution in [-0.4, -0.2) is 38.4 Å². The molecular weight excluding hydrogens is 246 g/mol. The van der Waals surface area contributed by atoms with Gasteiger partial charge >= 0.3 is 0 Å². The van der Waals surface area contributed by atoms with Gasteiger partial charge in [-0.15, -0.1) is 0 Å². The number of benzene rings is 1. The third-order valence-corrected chi connectivity index (χ3v) is 5.18. The largest absolute Gasteiger partial charge is 0.298 e. The number of rotatable bonds is 4. The smallest absolute Gasteiger partial charge is 0.147 e. The highest BCUT2D eigenvalue weighted by molar-refractivity contribution is 7.90. The number of piperidine rings is 1. The summed E-state index contributed by atoms with van der Waals surface area (Å²) in [6.45, 7) is 3.14. The predicted octanol–water partition coefficient (Wildman–Crippen LogP) is 1.41. The van der Waals surface area contributed by atoms with Crippen LogP contribution in [0, 0.1) is 17.8 Å². The minimum Gasteiger partial charge on any atom is -0.298 e. The van der Waals surface area contributed by atoms with Gasteiger partial charge in [-0.05, 0) is 23.3 Å². The number of sulfone groups is 1. The van der Waals surface area contributed by atoms with Crippen molar-refractivity contribution in [2.24, 2.45) is 17.8 Å². The van der Waals surface area contributed by atoms with E-state index >= 15 is 0 Å². The molecule has 4 heteroatoms. The van der Waals surface area contributed by atoms with Gasteiger partial charge in [0.05, 0.1) is 5.75 Å². The van der Waals surface area contributed by atoms with E-state index < -0.39 is 9.84 Å². The Kier molecular flexibility index (Phi) is 2.94. The molecule has 0 amide bonds. The zero-order valence-corrected chi connectivity index (χ0v) is 11.4. The van der Waals surface area contributed by atoms with E-state index in [1.165, 1.54) is 11.8 Å². The molecule has 0 spiro atoms. The fourth-order valence-electron chi connectivity index (χ4n) is 3.30. The van der Waals surface area contributed by atoms with Crippen molar-refractivity contribution in [2.45, 2.75) is 6.54 Å². The molecule has 98 valence electrons. The molecule has 0 unspecified atom stereocenters. The highest BCUT2D eigenvalue weighted by atomic mass is 32.2. The Morgan fingerprint density at radius 3 is 2.33 bits per heavy atom. The number of hydrogen-bond acceptors (Lipinski definition) is 3. The first kappa shape index (κ1) is 12.2. The van der Waals surface area contributed by atoms with Crippen LogP contribution in [0.3, 0.4) is 0 Å². The van der Waals surface area contributed by atoms with Gasteiger partial charge in [0.25, 0.3) is 0 Å². The summed E-state index contributed by atoms with van der Waals surface area (Å²) in [5, 5.41) is 0. The zero-order chi connectivity index (χ0) is 12.8. The molecule has 2 aliphatic rings. The van der Waals surface area contributed by atoms with Crippen molar-refractivity contribution in [2.75, 3.05) is 25.1 Å². The van der Waals surface area contributed by atoms with Crippen LogP contribution >= 0.6 is 0 Å². The van der Waals surface area contributed by atoms with Gasteiger partial charge in [-0.2, -0.15) is 0 Å². The molecule has 2 fully saturated rings. The van der Waals surface area contributed by atoms with Gasteiger partial charge in [-0.1, -0.05) is 30.3 Å². The van der Waals surface area contributed by atoms with Crippen molar-refractivity contribution >= 4 is 9.84 Å². The van der Waals surface area contributed by atoms with E-state index in [4.69, 9.17) is 0 Å². The molecule has 0 aromatic heterocycles. The molecule has 3 nitrogen and oxygen atoms in total. The summed E-state index contributed by atoms with van der Waals surface area (Å²) in [7, 11) is -2.80. The lowest BCUT2D eigenvalue weighted by Gasteiger charge is -2.19. The molecule has 1 saturated heterocycles. The molecular formula is C14H19NO2S. The van der Waals surface area contributed by atoms with Gasteiger partial charge in [0.2, 0.25) is 0 Å². The second-order valence-electron chi connectivity index (χ2n) is 5.76. The Morgan fingerprint density at radius 1 is 1.17 bits per heavy atom. The molecule has 1 aliphatic heterocycles. The lowest BCUT2D eigenvalue weighted by molar-refractivity contribution is 0.282. The fraction of sp³-hybridized carbons (Fsp3) is 0.571. The fourth-order valence-corrected chi connectivity index (χ4v) is 4.50. The Bertz CT molecular complexity index is 514. The second-order valence-corrected chi connectivity index (χ2v) is 7.95. The summed E-state index contributed by atoms with van der Waals surface area (Å²) < 4.78 is 22.5. The molecule has 1 aromatic rings. The van der Waals surface area contributed by atoms with E-state index in [0.717, 1.165) is 19.6 Å². The van der Waals surface area contributed by atoms with Gasteiger partial charge < -0.3 is 0 Å². The minimum atomic E-state index is -2.80. The molecule has 3 atom stereocenters. The topological polar surface area (TPSA) is 37.4 Å². The minimum absolute atomic E-state index is 0.390. The van der Waals surface area contributed by atoms with Crippen LogP contribution in [0.1, 0.15) is 5.56 Å². The third kappa shape index (κ3) is 2.59. The first-order valence-corrected chi connectivity index (χ1v) is 8.53. The molecule has 1 aromatic carbocycles. The van der Waals surface area contributed by atoms with Crippen LogP contribution in [0.25, 0.3) is 0 Å². The predicted molar refractivity (Wildman–Crippen MR) is 71.9 cm³/mol. The van der Waals surface area contributed by atoms with E-state index in [9.17, 15) is 8.42 Å². The quantitative estimate of drug-likeness (QED) is 0.826. The van der Waals surface area contributed by atoms with Gasteiger partial charge in [0.1, 0.15) is 9.84 Å². The van der Waals surface area contributed by atoms with E-state index in [1.807, 2.05) is 6.07 Å². The number of fused-ring (bicyclic) bond motifs is 1. The van der Waals surface area contributed by atoms with Crippen molar-refractivity contribution in [1.82, 2.24) is 4.90 Å². The Labute approximate surface area is 109 Å². The normalized spacial score (nSPS) is 31.3. The maximum Gasteiger partial charge on any atom is 0.147 e. The van der Waals surface area contributed by atoms with Crippen molar-refractivity contribution in [3.63, 3.8) is 0 Å². The van der Waals surface area contributed by atoms with Gasteiger partial charge in [0.15, 0.2) is 0 Å². The average molecular weight is 265 g/mol. The number of likely N-dealkylation sites (tertiary alicyclic amines) is 1. The molecule has 0 radical (unpaired) electrons. The maximum atomic E-state index is 11.3. The molecule has 1 aliphatic carbocycles. The summed E-state index contributed by atoms with van der Waals surface area (Å²) in [4.78, 5) is 2.45. The van der Waals surface area contributed by atoms with Crippen LogP contribution in [0.2, 0.25) is 0 Å². The molecule has 1 saturated carbocycles. The van der Waals surface area contributed by atoms with Crippen LogP contribution in [0.4, 0.5) is 0 Å².